The summed E-state index contributed by atoms with van der Waals surface area (Å²) in [5.41, 5.74) is 5.01. The van der Waals surface area contributed by atoms with Crippen molar-refractivity contribution in [1.82, 2.24) is 15.1 Å². The number of carbonyl (C=O) groups is 3. The van der Waals surface area contributed by atoms with Crippen LogP contribution in [-0.2, 0) is 20.9 Å². The van der Waals surface area contributed by atoms with Crippen LogP contribution in [-0.4, -0.2) is 41.3 Å². The fourth-order valence-corrected chi connectivity index (χ4v) is 3.37. The van der Waals surface area contributed by atoms with Crippen molar-refractivity contribution >= 4 is 23.9 Å². The number of nitrogens with zero attached hydrogens (tertiary/aromatic N) is 2. The van der Waals surface area contributed by atoms with Gasteiger partial charge in [0.2, 0.25) is 0 Å². The summed E-state index contributed by atoms with van der Waals surface area (Å²) in [7, 11) is 1.43. The highest BCUT2D eigenvalue weighted by Crippen LogP contribution is 2.18. The Kier molecular flexibility index (Phi) is 7.97. The molecule has 8 heteroatoms. The Balaban J connectivity index is 1.55. The largest absolute Gasteiger partial charge is 0.496 e. The first-order valence-corrected chi connectivity index (χ1v) is 10.7. The lowest BCUT2D eigenvalue weighted by atomic mass is 10.1. The first-order valence-electron chi connectivity index (χ1n) is 10.7. The number of benzene rings is 2. The van der Waals surface area contributed by atoms with E-state index in [0.29, 0.717) is 12.3 Å². The van der Waals surface area contributed by atoms with E-state index < -0.39 is 24.4 Å². The highest BCUT2D eigenvalue weighted by Gasteiger charge is 2.16. The molecule has 0 bridgehead atoms. The number of rotatable bonds is 8. The van der Waals surface area contributed by atoms with Crippen LogP contribution in [0.2, 0.25) is 0 Å². The number of hydrogen-bond acceptors (Lipinski definition) is 6. The summed E-state index contributed by atoms with van der Waals surface area (Å²) in [4.78, 5) is 36.4. The summed E-state index contributed by atoms with van der Waals surface area (Å²) in [6.45, 7) is 5.86. The van der Waals surface area contributed by atoms with Crippen LogP contribution >= 0.6 is 0 Å². The maximum Gasteiger partial charge on any atom is 0.331 e. The highest BCUT2D eigenvalue weighted by molar-refractivity contribution is 6.06. The number of hydrogen-bond donors (Lipinski definition) is 1. The third kappa shape index (κ3) is 6.19. The van der Waals surface area contributed by atoms with Gasteiger partial charge in [-0.25, -0.2) is 4.79 Å². The predicted octanol–water partition coefficient (Wildman–Crippen LogP) is 3.38. The second-order valence-electron chi connectivity index (χ2n) is 7.75. The van der Waals surface area contributed by atoms with E-state index in [9.17, 15) is 14.4 Å². The summed E-state index contributed by atoms with van der Waals surface area (Å²) >= 11 is 0. The number of ether oxygens (including phenoxy) is 2. The van der Waals surface area contributed by atoms with Crippen LogP contribution in [0.15, 0.2) is 54.6 Å². The van der Waals surface area contributed by atoms with Crippen LogP contribution in [0.3, 0.4) is 0 Å². The lowest BCUT2D eigenvalue weighted by molar-refractivity contribution is -0.143. The minimum absolute atomic E-state index is 0.207. The number of aromatic nitrogens is 2. The lowest BCUT2D eigenvalue weighted by Crippen LogP contribution is -2.34. The summed E-state index contributed by atoms with van der Waals surface area (Å²) in [5.74, 6) is -1.75. The summed E-state index contributed by atoms with van der Waals surface area (Å²) in [6.07, 6.45) is 2.85. The zero-order valence-electron chi connectivity index (χ0n) is 19.6. The van der Waals surface area contributed by atoms with E-state index in [1.54, 1.807) is 24.3 Å². The Bertz CT molecular complexity index is 1230. The van der Waals surface area contributed by atoms with Crippen LogP contribution in [0.4, 0.5) is 0 Å². The van der Waals surface area contributed by atoms with Gasteiger partial charge in [0, 0.05) is 17.3 Å². The second-order valence-corrected chi connectivity index (χ2v) is 7.75. The zero-order valence-corrected chi connectivity index (χ0v) is 19.6. The number of amides is 2. The van der Waals surface area contributed by atoms with Gasteiger partial charge in [-0.1, -0.05) is 42.0 Å². The standard InChI is InChI=1S/C26H27N3O5/c1-17-9-11-20(12-10-17)15-29-19(3)21(18(2)28-29)13-14-25(31)34-16-24(30)27-26(32)22-7-5-6-8-23(22)33-4/h5-14H,15-16H2,1-4H3,(H,27,30,32)/b14-13+. The molecule has 0 radical (unpaired) electrons. The minimum atomic E-state index is -0.740. The van der Waals surface area contributed by atoms with Gasteiger partial charge in [-0.15, -0.1) is 0 Å². The molecule has 34 heavy (non-hydrogen) atoms. The molecule has 176 valence electrons. The summed E-state index contributed by atoms with van der Waals surface area (Å²) in [5, 5.41) is 6.73. The Morgan fingerprint density at radius 2 is 1.74 bits per heavy atom. The average Bonchev–Trinajstić information content (AvgIpc) is 3.09. The van der Waals surface area contributed by atoms with Crippen LogP contribution in [0, 0.1) is 20.8 Å². The minimum Gasteiger partial charge on any atom is -0.496 e. The van der Waals surface area contributed by atoms with E-state index in [-0.39, 0.29) is 5.56 Å². The molecule has 0 saturated carbocycles. The van der Waals surface area contributed by atoms with Crippen molar-refractivity contribution in [3.05, 3.63) is 88.2 Å². The molecular weight excluding hydrogens is 434 g/mol. The van der Waals surface area contributed by atoms with Crippen molar-refractivity contribution in [2.45, 2.75) is 27.3 Å². The van der Waals surface area contributed by atoms with Crippen LogP contribution in [0.1, 0.15) is 38.4 Å². The van der Waals surface area contributed by atoms with Gasteiger partial charge in [-0.3, -0.25) is 19.6 Å². The van der Waals surface area contributed by atoms with Crippen molar-refractivity contribution < 1.29 is 23.9 Å². The fourth-order valence-electron chi connectivity index (χ4n) is 3.37. The average molecular weight is 462 g/mol. The SMILES string of the molecule is COc1ccccc1C(=O)NC(=O)COC(=O)/C=C/c1c(C)nn(Cc2ccc(C)cc2)c1C. The molecular formula is C26H27N3O5. The molecule has 2 amide bonds. The Morgan fingerprint density at radius 1 is 1.03 bits per heavy atom. The maximum atomic E-state index is 12.2. The highest BCUT2D eigenvalue weighted by atomic mass is 16.5. The number of imide groups is 1. The molecule has 0 saturated heterocycles. The second kappa shape index (κ2) is 11.1. The van der Waals surface area contributed by atoms with Crippen molar-refractivity contribution in [1.29, 1.82) is 0 Å². The van der Waals surface area contributed by atoms with Gasteiger partial charge in [-0.2, -0.15) is 5.10 Å². The third-order valence-corrected chi connectivity index (χ3v) is 5.23. The third-order valence-electron chi connectivity index (χ3n) is 5.23. The molecule has 3 rings (SSSR count). The number of esters is 1. The Labute approximate surface area is 198 Å². The molecule has 3 aromatic rings. The maximum absolute atomic E-state index is 12.2. The van der Waals surface area contributed by atoms with Gasteiger partial charge < -0.3 is 9.47 Å². The van der Waals surface area contributed by atoms with E-state index in [2.05, 4.69) is 34.7 Å². The van der Waals surface area contributed by atoms with Gasteiger partial charge >= 0.3 is 5.97 Å². The van der Waals surface area contributed by atoms with E-state index in [4.69, 9.17) is 9.47 Å². The van der Waals surface area contributed by atoms with Gasteiger partial charge in [0.05, 0.1) is 24.9 Å². The monoisotopic (exact) mass is 461 g/mol. The van der Waals surface area contributed by atoms with Crippen molar-refractivity contribution in [3.63, 3.8) is 0 Å². The zero-order chi connectivity index (χ0) is 24.7. The van der Waals surface area contributed by atoms with Crippen molar-refractivity contribution in [2.24, 2.45) is 0 Å². The Morgan fingerprint density at radius 3 is 2.44 bits per heavy atom. The summed E-state index contributed by atoms with van der Waals surface area (Å²) < 4.78 is 11.9. The number of aryl methyl sites for hydroxylation is 2. The van der Waals surface area contributed by atoms with Gasteiger partial charge in [0.25, 0.3) is 11.8 Å². The molecule has 0 fully saturated rings. The van der Waals surface area contributed by atoms with Gasteiger partial charge in [-0.05, 0) is 44.5 Å². The van der Waals surface area contributed by atoms with E-state index in [1.165, 1.54) is 24.8 Å². The molecule has 8 nitrogen and oxygen atoms in total. The molecule has 1 aromatic heterocycles. The van der Waals surface area contributed by atoms with E-state index >= 15 is 0 Å². The number of carbonyl (C=O) groups excluding carboxylic acids is 3. The first-order chi connectivity index (χ1) is 16.3. The Hall–Kier alpha value is -4.20. The van der Waals surface area contributed by atoms with Gasteiger partial charge in [0.1, 0.15) is 5.75 Å². The molecule has 0 aliphatic rings. The quantitative estimate of drug-likeness (QED) is 0.408. The van der Waals surface area contributed by atoms with Crippen LogP contribution < -0.4 is 10.1 Å². The topological polar surface area (TPSA) is 99.5 Å². The molecule has 0 spiro atoms. The predicted molar refractivity (Wildman–Crippen MR) is 127 cm³/mol. The molecule has 0 unspecified atom stereocenters. The number of nitrogens with one attached hydrogen (secondary N) is 1. The summed E-state index contributed by atoms with van der Waals surface area (Å²) in [6, 6.07) is 14.7. The molecule has 0 aliphatic carbocycles. The van der Waals surface area contributed by atoms with Crippen molar-refractivity contribution in [2.75, 3.05) is 13.7 Å². The normalized spacial score (nSPS) is 10.8. The van der Waals surface area contributed by atoms with Crippen LogP contribution in [0.5, 0.6) is 5.75 Å². The first kappa shape index (κ1) is 24.4. The smallest absolute Gasteiger partial charge is 0.331 e. The number of methoxy groups -OCH3 is 1. The molecule has 0 atom stereocenters. The van der Waals surface area contributed by atoms with Crippen molar-refractivity contribution in [3.8, 4) is 5.75 Å². The van der Waals surface area contributed by atoms with E-state index in [1.807, 2.05) is 25.5 Å². The lowest BCUT2D eigenvalue weighted by Gasteiger charge is -2.08. The van der Waals surface area contributed by atoms with Gasteiger partial charge in [0.15, 0.2) is 6.61 Å². The molecule has 1 heterocycles. The van der Waals surface area contributed by atoms with E-state index in [0.717, 1.165) is 22.5 Å². The number of para-hydroxylation sites is 1. The molecule has 0 aliphatic heterocycles. The fraction of sp³-hybridized carbons (Fsp3) is 0.231. The molecule has 2 aromatic carbocycles. The molecule has 1 N–H and O–H groups in total. The van der Waals surface area contributed by atoms with Crippen LogP contribution in [0.25, 0.3) is 6.08 Å².